The Balaban J connectivity index is 1.37. The number of esters is 1. The molecule has 0 bridgehead atoms. The van der Waals surface area contributed by atoms with Crippen molar-refractivity contribution in [3.63, 3.8) is 0 Å². The number of guanidine groups is 1. The zero-order chi connectivity index (χ0) is 22.9. The first-order chi connectivity index (χ1) is 15.4. The summed E-state index contributed by atoms with van der Waals surface area (Å²) in [5, 5.41) is 0. The van der Waals surface area contributed by atoms with E-state index in [4.69, 9.17) is 16.2 Å². The predicted octanol–water partition coefficient (Wildman–Crippen LogP) is 3.22. The lowest BCUT2D eigenvalue weighted by atomic mass is 10.2. The predicted molar refractivity (Wildman–Crippen MR) is 124 cm³/mol. The van der Waals surface area contributed by atoms with Gasteiger partial charge in [-0.15, -0.1) is 11.8 Å². The molecule has 0 aromatic heterocycles. The average molecular weight is 455 g/mol. The number of aliphatic imine (C=N–C) groups is 1. The Morgan fingerprint density at radius 3 is 2.22 bits per heavy atom. The molecule has 9 heteroatoms. The van der Waals surface area contributed by atoms with Crippen LogP contribution in [0.5, 0.6) is 5.75 Å². The maximum atomic E-state index is 12.3. The fourth-order valence-electron chi connectivity index (χ4n) is 3.20. The second kappa shape index (κ2) is 11.3. The van der Waals surface area contributed by atoms with Crippen LogP contribution in [0.2, 0.25) is 0 Å². The molecule has 0 spiro atoms. The number of unbranched alkanes of at least 4 members (excludes halogenated alkanes) is 2. The van der Waals surface area contributed by atoms with Gasteiger partial charge in [0, 0.05) is 24.3 Å². The maximum absolute atomic E-state index is 12.3. The molecule has 1 aliphatic rings. The van der Waals surface area contributed by atoms with Crippen LogP contribution in [-0.2, 0) is 9.59 Å². The minimum Gasteiger partial charge on any atom is -0.423 e. The van der Waals surface area contributed by atoms with Crippen LogP contribution in [0.1, 0.15) is 42.5 Å². The van der Waals surface area contributed by atoms with E-state index in [1.54, 1.807) is 48.2 Å². The van der Waals surface area contributed by atoms with Crippen LogP contribution in [-0.4, -0.2) is 40.9 Å². The number of hydrogen-bond donors (Lipinski definition) is 2. The van der Waals surface area contributed by atoms with E-state index in [0.717, 1.165) is 29.9 Å². The summed E-state index contributed by atoms with van der Waals surface area (Å²) >= 11 is 1.71. The Hall–Kier alpha value is -3.33. The standard InChI is InChI=1S/C23H26N4O4S/c24-23(25)26-17-6-4-16(5-7-17)22(30)31-18-8-10-19(11-9-18)32-15-3-1-2-14-27-20(28)12-13-21(27)29/h4-11H,1-3,12-15H2,(H4,24,25,26). The van der Waals surface area contributed by atoms with Gasteiger partial charge in [0.25, 0.3) is 0 Å². The van der Waals surface area contributed by atoms with Crippen molar-refractivity contribution < 1.29 is 19.1 Å². The molecule has 4 N–H and O–H groups in total. The number of nitrogens with zero attached hydrogens (tertiary/aromatic N) is 2. The van der Waals surface area contributed by atoms with Crippen molar-refractivity contribution in [2.75, 3.05) is 12.3 Å². The molecule has 1 aliphatic heterocycles. The Morgan fingerprint density at radius 1 is 0.938 bits per heavy atom. The van der Waals surface area contributed by atoms with Crippen LogP contribution in [0.15, 0.2) is 58.4 Å². The second-order valence-corrected chi connectivity index (χ2v) is 8.46. The van der Waals surface area contributed by atoms with Gasteiger partial charge in [0.1, 0.15) is 5.75 Å². The summed E-state index contributed by atoms with van der Waals surface area (Å²) in [4.78, 5) is 41.8. The molecule has 2 aromatic rings. The fourth-order valence-corrected chi connectivity index (χ4v) is 4.11. The monoisotopic (exact) mass is 454 g/mol. The molecule has 2 aromatic carbocycles. The van der Waals surface area contributed by atoms with Crippen LogP contribution < -0.4 is 16.2 Å². The molecule has 1 saturated heterocycles. The van der Waals surface area contributed by atoms with Crippen LogP contribution in [0.25, 0.3) is 0 Å². The van der Waals surface area contributed by atoms with Gasteiger partial charge in [-0.25, -0.2) is 9.79 Å². The lowest BCUT2D eigenvalue weighted by Gasteiger charge is -2.13. The number of carbonyl (C=O) groups excluding carboxylic acids is 3. The first-order valence-electron chi connectivity index (χ1n) is 10.4. The number of benzene rings is 2. The summed E-state index contributed by atoms with van der Waals surface area (Å²) in [6.07, 6.45) is 3.49. The van der Waals surface area contributed by atoms with Crippen molar-refractivity contribution >= 4 is 41.2 Å². The van der Waals surface area contributed by atoms with Crippen LogP contribution in [0, 0.1) is 0 Å². The van der Waals surface area contributed by atoms with E-state index in [2.05, 4.69) is 4.99 Å². The zero-order valence-electron chi connectivity index (χ0n) is 17.7. The van der Waals surface area contributed by atoms with Gasteiger partial charge in [0.2, 0.25) is 11.8 Å². The molecule has 0 saturated carbocycles. The van der Waals surface area contributed by atoms with E-state index in [0.29, 0.717) is 36.4 Å². The lowest BCUT2D eigenvalue weighted by molar-refractivity contribution is -0.138. The molecule has 3 rings (SSSR count). The SMILES string of the molecule is NC(N)=Nc1ccc(C(=O)Oc2ccc(SCCCCCN3C(=O)CCC3=O)cc2)cc1. The van der Waals surface area contributed by atoms with E-state index in [9.17, 15) is 14.4 Å². The number of amides is 2. The largest absolute Gasteiger partial charge is 0.423 e. The summed E-state index contributed by atoms with van der Waals surface area (Å²) in [7, 11) is 0. The van der Waals surface area contributed by atoms with Crippen molar-refractivity contribution in [1.29, 1.82) is 0 Å². The second-order valence-electron chi connectivity index (χ2n) is 7.29. The number of nitrogens with two attached hydrogens (primary N) is 2. The van der Waals surface area contributed by atoms with Gasteiger partial charge in [-0.3, -0.25) is 14.5 Å². The summed E-state index contributed by atoms with van der Waals surface area (Å²) in [5.74, 6) is 0.794. The number of thioether (sulfide) groups is 1. The molecular formula is C23H26N4O4S. The zero-order valence-corrected chi connectivity index (χ0v) is 18.5. The van der Waals surface area contributed by atoms with Gasteiger partial charge in [-0.2, -0.15) is 0 Å². The van der Waals surface area contributed by atoms with Gasteiger partial charge in [0.05, 0.1) is 11.3 Å². The highest BCUT2D eigenvalue weighted by Gasteiger charge is 2.27. The van der Waals surface area contributed by atoms with Crippen molar-refractivity contribution in [1.82, 2.24) is 4.90 Å². The highest BCUT2D eigenvalue weighted by molar-refractivity contribution is 7.99. The van der Waals surface area contributed by atoms with Crippen LogP contribution in [0.4, 0.5) is 5.69 Å². The molecule has 0 radical (unpaired) electrons. The molecule has 1 fully saturated rings. The number of carbonyl (C=O) groups is 3. The number of hydrogen-bond acceptors (Lipinski definition) is 6. The van der Waals surface area contributed by atoms with Crippen molar-refractivity contribution in [3.8, 4) is 5.75 Å². The molecule has 8 nitrogen and oxygen atoms in total. The molecule has 168 valence electrons. The topological polar surface area (TPSA) is 128 Å². The van der Waals surface area contributed by atoms with Gasteiger partial charge < -0.3 is 16.2 Å². The van der Waals surface area contributed by atoms with Gasteiger partial charge >= 0.3 is 5.97 Å². The Labute approximate surface area is 191 Å². The smallest absolute Gasteiger partial charge is 0.343 e. The minimum absolute atomic E-state index is 0.0478. The van der Waals surface area contributed by atoms with E-state index in [1.165, 1.54) is 4.90 Å². The number of imide groups is 1. The summed E-state index contributed by atoms with van der Waals surface area (Å²) in [5.41, 5.74) is 11.6. The normalized spacial score (nSPS) is 13.3. The summed E-state index contributed by atoms with van der Waals surface area (Å²) in [6.45, 7) is 0.527. The van der Waals surface area contributed by atoms with E-state index < -0.39 is 5.97 Å². The third kappa shape index (κ3) is 6.84. The first kappa shape index (κ1) is 23.3. The summed E-state index contributed by atoms with van der Waals surface area (Å²) in [6, 6.07) is 13.8. The summed E-state index contributed by atoms with van der Waals surface area (Å²) < 4.78 is 5.41. The van der Waals surface area contributed by atoms with Gasteiger partial charge in [0.15, 0.2) is 5.96 Å². The molecular weight excluding hydrogens is 428 g/mol. The molecule has 1 heterocycles. The van der Waals surface area contributed by atoms with Crippen molar-refractivity contribution in [3.05, 3.63) is 54.1 Å². The molecule has 32 heavy (non-hydrogen) atoms. The van der Waals surface area contributed by atoms with E-state index >= 15 is 0 Å². The molecule has 2 amide bonds. The van der Waals surface area contributed by atoms with Crippen LogP contribution in [0.3, 0.4) is 0 Å². The Morgan fingerprint density at radius 2 is 1.59 bits per heavy atom. The molecule has 0 aliphatic carbocycles. The fraction of sp³-hybridized carbons (Fsp3) is 0.304. The first-order valence-corrected chi connectivity index (χ1v) is 11.4. The maximum Gasteiger partial charge on any atom is 0.343 e. The van der Waals surface area contributed by atoms with Crippen molar-refractivity contribution in [2.45, 2.75) is 37.0 Å². The minimum atomic E-state index is -0.461. The van der Waals surface area contributed by atoms with Crippen molar-refractivity contribution in [2.24, 2.45) is 16.5 Å². The quantitative estimate of drug-likeness (QED) is 0.107. The van der Waals surface area contributed by atoms with Gasteiger partial charge in [-0.05, 0) is 67.1 Å². The van der Waals surface area contributed by atoms with E-state index in [1.807, 2.05) is 12.1 Å². The third-order valence-corrected chi connectivity index (χ3v) is 5.94. The number of likely N-dealkylation sites (tertiary alicyclic amines) is 1. The third-order valence-electron chi connectivity index (χ3n) is 4.85. The average Bonchev–Trinajstić information content (AvgIpc) is 3.09. The highest BCUT2D eigenvalue weighted by atomic mass is 32.2. The molecule has 0 atom stereocenters. The van der Waals surface area contributed by atoms with Crippen LogP contribution >= 0.6 is 11.8 Å². The Kier molecular flexibility index (Phi) is 8.27. The molecule has 0 unspecified atom stereocenters. The number of ether oxygens (including phenoxy) is 1. The van der Waals surface area contributed by atoms with E-state index in [-0.39, 0.29) is 17.8 Å². The Bertz CT molecular complexity index is 970. The number of rotatable bonds is 10. The highest BCUT2D eigenvalue weighted by Crippen LogP contribution is 2.24. The lowest BCUT2D eigenvalue weighted by Crippen LogP contribution is -2.29. The van der Waals surface area contributed by atoms with Gasteiger partial charge in [-0.1, -0.05) is 6.42 Å².